The molecular weight excluding hydrogens is 1690 g/mol. The number of carbonyl (C=O) groups excluding carboxylic acids is 8. The molecule has 2 aromatic rings. The average Bonchev–Trinajstić information content (AvgIpc) is 1.60. The molecule has 2 aliphatic heterocycles. The van der Waals surface area contributed by atoms with E-state index in [1.807, 2.05) is 36.4 Å². The van der Waals surface area contributed by atoms with Crippen LogP contribution in [0.2, 0.25) is 0 Å². The van der Waals surface area contributed by atoms with Crippen LogP contribution in [0.5, 0.6) is 11.5 Å². The summed E-state index contributed by atoms with van der Waals surface area (Å²) in [6, 6.07) is 12.0. The number of aliphatic hydroxyl groups excluding tert-OH is 14. The van der Waals surface area contributed by atoms with Crippen LogP contribution in [0.25, 0.3) is 0 Å². The number of carbonyl (C=O) groups is 8. The molecule has 0 unspecified atom stereocenters. The SMILES string of the molecule is CC#CC[C@@H](C)C(=O)CP(=O)(CO)CO.CC#CC[C@@H](C)C(=O)CP(=O)(CO)CO.CC#CC[C@H](C)C(=O)CP(=O)(CO)CO.CC#CC[C@H](C)C(=O)CP(=O)(CO)CO.CC(=O)O[C@@H]1C=C[C@@H](O)C1.CC(=O)O[C@H]1C=C[C@H](O)C1.COC(=O)CCCc1cccc2c1O[C@@H]1C[C@H](O)[C@@H](CO)[C@H]21.COC(=O)CCCc1cccc2c1O[C@H]1C[C@@H](O)[C@H](CO)[C@@H]21. The van der Waals surface area contributed by atoms with Gasteiger partial charge in [-0.3, -0.25) is 38.4 Å². The topological polar surface area (TPSA) is 543 Å². The molecule has 124 heavy (non-hydrogen) atoms. The molecule has 0 amide bonds. The number of hydrogen-bond acceptors (Lipinski definition) is 32. The normalized spacial score (nSPS) is 21.4. The van der Waals surface area contributed by atoms with Gasteiger partial charge in [0.1, 0.15) is 87.6 Å². The quantitative estimate of drug-likeness (QED) is 0.0110. The summed E-state index contributed by atoms with van der Waals surface area (Å²) < 4.78 is 77.4. The van der Waals surface area contributed by atoms with Crippen LogP contribution < -0.4 is 9.47 Å². The summed E-state index contributed by atoms with van der Waals surface area (Å²) in [6.07, 6.45) is 5.82. The molecule has 696 valence electrons. The van der Waals surface area contributed by atoms with Gasteiger partial charge in [0.25, 0.3) is 0 Å². The monoisotopic (exact) mass is 1820 g/mol. The lowest BCUT2D eigenvalue weighted by Gasteiger charge is -2.18. The number of para-hydroxylation sites is 2. The molecule has 16 atom stereocenters. The van der Waals surface area contributed by atoms with E-state index in [0.717, 1.165) is 46.6 Å². The van der Waals surface area contributed by atoms with Crippen LogP contribution in [-0.2, 0) is 88.4 Å². The van der Waals surface area contributed by atoms with Crippen LogP contribution in [-0.4, -0.2) is 270 Å². The van der Waals surface area contributed by atoms with E-state index in [-0.39, 0.29) is 157 Å². The summed E-state index contributed by atoms with van der Waals surface area (Å²) in [4.78, 5) is 89.2. The summed E-state index contributed by atoms with van der Waals surface area (Å²) in [5, 5.41) is 127. The van der Waals surface area contributed by atoms with Gasteiger partial charge >= 0.3 is 23.9 Å². The first-order valence-corrected chi connectivity index (χ1v) is 49.9. The predicted molar refractivity (Wildman–Crippen MR) is 466 cm³/mol. The van der Waals surface area contributed by atoms with E-state index in [9.17, 15) is 77.0 Å². The minimum Gasteiger partial charge on any atom is -0.489 e. The van der Waals surface area contributed by atoms with E-state index >= 15 is 0 Å². The van der Waals surface area contributed by atoms with E-state index < -0.39 is 104 Å². The minimum atomic E-state index is -3.11. The Morgan fingerprint density at radius 3 is 0.895 bits per heavy atom. The third-order valence-electron chi connectivity index (χ3n) is 20.8. The first kappa shape index (κ1) is 115. The zero-order valence-corrected chi connectivity index (χ0v) is 76.8. The average molecular weight is 1830 g/mol. The van der Waals surface area contributed by atoms with Crippen LogP contribution in [0.1, 0.15) is 180 Å². The van der Waals surface area contributed by atoms with Crippen molar-refractivity contribution in [2.45, 2.75) is 220 Å². The van der Waals surface area contributed by atoms with Crippen molar-refractivity contribution in [2.75, 3.05) is 103 Å². The summed E-state index contributed by atoms with van der Waals surface area (Å²) in [5.74, 6) is 20.3. The highest BCUT2D eigenvalue weighted by molar-refractivity contribution is 7.65. The Morgan fingerprint density at radius 1 is 0.419 bits per heavy atom. The van der Waals surface area contributed by atoms with E-state index in [0.29, 0.717) is 77.0 Å². The maximum absolute atomic E-state index is 11.6. The van der Waals surface area contributed by atoms with Gasteiger partial charge in [0.2, 0.25) is 0 Å². The lowest BCUT2D eigenvalue weighted by atomic mass is 9.87. The van der Waals surface area contributed by atoms with Crippen molar-refractivity contribution in [3.63, 3.8) is 0 Å². The first-order valence-electron chi connectivity index (χ1n) is 40.8. The molecule has 0 bridgehead atoms. The molecular formula is C88H132O32P4. The first-order chi connectivity index (χ1) is 58.6. The summed E-state index contributed by atoms with van der Waals surface area (Å²) in [6.45, 7) is 16.2. The minimum absolute atomic E-state index is 0.0301. The Kier molecular flexibility index (Phi) is 55.9. The van der Waals surface area contributed by atoms with E-state index in [2.05, 4.69) is 56.8 Å². The van der Waals surface area contributed by atoms with Crippen molar-refractivity contribution in [3.05, 3.63) is 83.0 Å². The number of Topliss-reactive ketones (excluding diaryl/α,β-unsaturated/α-hetero) is 4. The van der Waals surface area contributed by atoms with Gasteiger partial charge in [-0.2, -0.15) is 0 Å². The predicted octanol–water partition coefficient (Wildman–Crippen LogP) is 6.75. The molecule has 0 radical (unpaired) electrons. The number of aryl methyl sites for hydroxylation is 2. The maximum Gasteiger partial charge on any atom is 0.305 e. The number of ketones is 4. The lowest BCUT2D eigenvalue weighted by molar-refractivity contribution is -0.145. The molecule has 2 saturated carbocycles. The Labute approximate surface area is 728 Å². The van der Waals surface area contributed by atoms with Crippen LogP contribution >= 0.6 is 28.6 Å². The highest BCUT2D eigenvalue weighted by Gasteiger charge is 2.51. The van der Waals surface area contributed by atoms with Crippen molar-refractivity contribution in [1.29, 1.82) is 0 Å². The second-order valence-corrected chi connectivity index (χ2v) is 42.8. The van der Waals surface area contributed by atoms with Gasteiger partial charge in [0.05, 0.1) is 114 Å². The highest BCUT2D eigenvalue weighted by atomic mass is 31.2. The molecule has 36 heteroatoms. The smallest absolute Gasteiger partial charge is 0.305 e. The molecule has 2 fully saturated rings. The Hall–Kier alpha value is -7.32. The molecule has 0 saturated heterocycles. The van der Waals surface area contributed by atoms with Crippen molar-refractivity contribution in [2.24, 2.45) is 35.5 Å². The standard InChI is InChI=1S/2C17H22O5.4C10H17O4P.2C7H10O3/c2*1-21-15(20)7-3-5-10-4-2-6-11-16-12(9-18)13(19)8-14(16)22-17(10)11;4*1-3-4-5-9(2)10(13)6-15(14,7-11)8-12;2*1-5(8)10-7-3-2-6(9)4-7/h2*2,4,6,12-14,16,18-19H,3,5,7-9H2,1H3;4*9,11-12H,5-8H2,1-2H3;2*2-3,6-7,9H,4H2,1H3/t2*12-,13+,14-,16+;4*9-;2*6-,7-/m10110010/s1. The fourth-order valence-corrected chi connectivity index (χ4v) is 17.9. The summed E-state index contributed by atoms with van der Waals surface area (Å²) in [7, 11) is -9.65. The van der Waals surface area contributed by atoms with Gasteiger partial charge < -0.3 is 118 Å². The number of benzene rings is 2. The van der Waals surface area contributed by atoms with Crippen LogP contribution in [0.4, 0.5) is 0 Å². The molecule has 2 heterocycles. The molecule has 0 aromatic heterocycles. The second-order valence-electron chi connectivity index (χ2n) is 30.9. The Morgan fingerprint density at radius 2 is 0.685 bits per heavy atom. The van der Waals surface area contributed by atoms with Gasteiger partial charge in [0.15, 0.2) is 0 Å². The van der Waals surface area contributed by atoms with Crippen molar-refractivity contribution < 1.29 is 157 Å². The number of aliphatic hydroxyl groups is 14. The van der Waals surface area contributed by atoms with E-state index in [4.69, 9.17) is 70.0 Å². The van der Waals surface area contributed by atoms with Gasteiger partial charge in [-0.25, -0.2) is 0 Å². The summed E-state index contributed by atoms with van der Waals surface area (Å²) >= 11 is 0. The van der Waals surface area contributed by atoms with Crippen LogP contribution in [0.3, 0.4) is 0 Å². The highest BCUT2D eigenvalue weighted by Crippen LogP contribution is 2.54. The van der Waals surface area contributed by atoms with Gasteiger partial charge in [-0.15, -0.1) is 47.4 Å². The lowest BCUT2D eigenvalue weighted by Crippen LogP contribution is -2.22. The Balaban J connectivity index is 0.000000719. The number of ether oxygens (including phenoxy) is 6. The number of hydrogen-bond donors (Lipinski definition) is 14. The van der Waals surface area contributed by atoms with Gasteiger partial charge in [-0.05, 0) is 76.7 Å². The zero-order chi connectivity index (χ0) is 94.1. The molecule has 8 rings (SSSR count). The molecule has 6 aliphatic rings. The largest absolute Gasteiger partial charge is 0.489 e. The number of fused-ring (bicyclic) bond motifs is 6. The third-order valence-corrected chi connectivity index (χ3v) is 28.4. The Bertz CT molecular complexity index is 3820. The fraction of sp³-hybridized carbons (Fsp3) is 0.636. The van der Waals surface area contributed by atoms with Crippen molar-refractivity contribution in [1.82, 2.24) is 0 Å². The van der Waals surface area contributed by atoms with E-state index in [1.165, 1.54) is 28.1 Å². The summed E-state index contributed by atoms with van der Waals surface area (Å²) in [5.41, 5.74) is 4.33. The second kappa shape index (κ2) is 60.4. The fourth-order valence-electron chi connectivity index (χ4n) is 13.2. The maximum atomic E-state index is 11.6. The molecule has 4 aliphatic carbocycles. The molecule has 32 nitrogen and oxygen atoms in total. The third kappa shape index (κ3) is 40.8. The number of methoxy groups -OCH3 is 2. The molecule has 14 N–H and O–H groups in total. The van der Waals surface area contributed by atoms with Gasteiger partial charge in [-0.1, -0.05) is 76.2 Å². The van der Waals surface area contributed by atoms with Crippen LogP contribution in [0, 0.1) is 82.9 Å². The van der Waals surface area contributed by atoms with Crippen molar-refractivity contribution >= 4 is 75.6 Å². The van der Waals surface area contributed by atoms with E-state index in [1.54, 1.807) is 79.7 Å². The molecule has 0 spiro atoms. The van der Waals surface area contributed by atoms with Crippen LogP contribution in [0.15, 0.2) is 60.7 Å². The molecule has 2 aromatic carbocycles. The number of esters is 4. The van der Waals surface area contributed by atoms with Gasteiger partial charge in [0, 0.05) is 150 Å². The number of rotatable bonds is 36. The van der Waals surface area contributed by atoms with Crippen molar-refractivity contribution in [3.8, 4) is 58.9 Å². The zero-order valence-electron chi connectivity index (χ0n) is 73.2.